The zero-order valence-electron chi connectivity index (χ0n) is 21.4. The first-order valence-corrected chi connectivity index (χ1v) is 18.2. The lowest BCUT2D eigenvalue weighted by atomic mass is 9.96. The van der Waals surface area contributed by atoms with E-state index in [1.165, 1.54) is 116 Å². The number of hydrogen-bond donors (Lipinski definition) is 0. The van der Waals surface area contributed by atoms with Crippen LogP contribution in [-0.4, -0.2) is 56.1 Å². The Hall–Kier alpha value is 0.580. The normalized spacial score (nSPS) is 34.8. The predicted molar refractivity (Wildman–Crippen MR) is 142 cm³/mol. The second-order valence-electron chi connectivity index (χ2n) is 11.1. The van der Waals surface area contributed by atoms with Crippen LogP contribution in [0.25, 0.3) is 0 Å². The molecule has 0 aromatic rings. The van der Waals surface area contributed by atoms with Crippen LogP contribution in [0, 0.1) is 0 Å². The first kappa shape index (κ1) is 25.7. The summed E-state index contributed by atoms with van der Waals surface area (Å²) in [5, 5.41) is 0. The molecule has 0 spiro atoms. The van der Waals surface area contributed by atoms with Gasteiger partial charge in [0.1, 0.15) is 0 Å². The van der Waals surface area contributed by atoms with Crippen LogP contribution in [0.4, 0.5) is 0 Å². The van der Waals surface area contributed by atoms with Crippen molar-refractivity contribution in [1.82, 2.24) is 0 Å². The molecule has 4 rings (SSSR count). The molecule has 4 fully saturated rings. The maximum Gasteiger partial charge on any atom is 0.0642 e. The van der Waals surface area contributed by atoms with Gasteiger partial charge in [0, 0.05) is 32.6 Å². The highest BCUT2D eigenvalue weighted by atomic mass is 32.1. The highest BCUT2D eigenvalue weighted by Gasteiger charge is 2.52. The van der Waals surface area contributed by atoms with Gasteiger partial charge < -0.3 is 14.2 Å². The van der Waals surface area contributed by atoms with Crippen LogP contribution in [0.2, 0.25) is 0 Å². The summed E-state index contributed by atoms with van der Waals surface area (Å²) in [6.45, 7) is -1.45. The quantitative estimate of drug-likeness (QED) is 0.339. The Morgan fingerprint density at radius 2 is 0.938 bits per heavy atom. The Bertz CT molecular complexity index is 569. The minimum Gasteiger partial charge on any atom is -0.381 e. The summed E-state index contributed by atoms with van der Waals surface area (Å²) >= 11 is 0. The molecule has 32 heavy (non-hydrogen) atoms. The SMILES string of the molecule is CN=P(C1CCCCC1)(C1CCCCC1)P(C1CCCCC1OC)C1CCCCC1OC. The van der Waals surface area contributed by atoms with Crippen molar-refractivity contribution in [3.63, 3.8) is 0 Å². The van der Waals surface area contributed by atoms with Crippen molar-refractivity contribution in [2.75, 3.05) is 21.3 Å². The van der Waals surface area contributed by atoms with Crippen LogP contribution in [0.3, 0.4) is 0 Å². The van der Waals surface area contributed by atoms with E-state index in [0.29, 0.717) is 12.2 Å². The third-order valence-corrected chi connectivity index (χ3v) is 23.1. The summed E-state index contributed by atoms with van der Waals surface area (Å²) in [6.07, 6.45) is 26.4. The number of nitrogens with zero attached hydrogens (tertiary/aromatic N) is 1. The van der Waals surface area contributed by atoms with E-state index in [1.807, 2.05) is 14.2 Å². The molecule has 4 aliphatic carbocycles. The summed E-state index contributed by atoms with van der Waals surface area (Å²) in [5.74, 6) is 0. The van der Waals surface area contributed by atoms with E-state index in [-0.39, 0.29) is 7.61 Å². The second kappa shape index (κ2) is 12.5. The topological polar surface area (TPSA) is 30.8 Å². The fourth-order valence-corrected chi connectivity index (χ4v) is 24.8. The predicted octanol–water partition coefficient (Wildman–Crippen LogP) is 8.79. The van der Waals surface area contributed by atoms with Gasteiger partial charge in [0.15, 0.2) is 0 Å². The first-order chi connectivity index (χ1) is 15.8. The third kappa shape index (κ3) is 5.22. The average Bonchev–Trinajstić information content (AvgIpc) is 2.88. The van der Waals surface area contributed by atoms with Gasteiger partial charge in [-0.05, 0) is 69.4 Å². The molecule has 4 atom stereocenters. The maximum atomic E-state index is 6.31. The van der Waals surface area contributed by atoms with Crippen molar-refractivity contribution in [2.45, 2.75) is 150 Å². The van der Waals surface area contributed by atoms with Crippen LogP contribution in [0.15, 0.2) is 4.74 Å². The summed E-state index contributed by atoms with van der Waals surface area (Å²) in [5.41, 5.74) is 3.36. The molecule has 186 valence electrons. The highest BCUT2D eigenvalue weighted by Crippen LogP contribution is 2.90. The Morgan fingerprint density at radius 1 is 0.562 bits per heavy atom. The van der Waals surface area contributed by atoms with Gasteiger partial charge in [-0.1, -0.05) is 71.8 Å². The summed E-state index contributed by atoms with van der Waals surface area (Å²) < 4.78 is 18.4. The molecule has 0 aliphatic heterocycles. The van der Waals surface area contributed by atoms with Gasteiger partial charge in [0.25, 0.3) is 0 Å². The van der Waals surface area contributed by atoms with Crippen molar-refractivity contribution >= 4 is 14.4 Å². The Morgan fingerprint density at radius 3 is 1.31 bits per heavy atom. The Labute approximate surface area is 200 Å². The summed E-state index contributed by atoms with van der Waals surface area (Å²) in [4.78, 5) is 0. The first-order valence-electron chi connectivity index (χ1n) is 14.1. The van der Waals surface area contributed by atoms with Gasteiger partial charge >= 0.3 is 0 Å². The summed E-state index contributed by atoms with van der Waals surface area (Å²) in [6, 6.07) is 0. The lowest BCUT2D eigenvalue weighted by molar-refractivity contribution is 0.0662. The van der Waals surface area contributed by atoms with Crippen LogP contribution in [0.5, 0.6) is 0 Å². The fraction of sp³-hybridized carbons (Fsp3) is 1.00. The van der Waals surface area contributed by atoms with Gasteiger partial charge in [0.05, 0.1) is 12.2 Å². The van der Waals surface area contributed by atoms with Gasteiger partial charge in [-0.15, -0.1) is 0 Å². The van der Waals surface area contributed by atoms with Crippen molar-refractivity contribution in [3.05, 3.63) is 0 Å². The number of methoxy groups -OCH3 is 2. The Kier molecular flexibility index (Phi) is 10.0. The minimum absolute atomic E-state index is 0.186. The standard InChI is InChI=1S/C27H51NO2P2/c1-28-32(22-14-6-4-7-15-22,23-16-8-5-9-17-23)31(26-20-12-10-18-24(26)29-2)27-21-13-11-19-25(27)30-3/h22-27H,4-21H2,1-3H3. The molecule has 0 amide bonds. The van der Waals surface area contributed by atoms with Crippen molar-refractivity contribution in [3.8, 4) is 0 Å². The molecule has 4 aliphatic rings. The van der Waals surface area contributed by atoms with Crippen LogP contribution in [-0.2, 0) is 9.47 Å². The molecule has 0 radical (unpaired) electrons. The fourth-order valence-electron chi connectivity index (χ4n) is 8.06. The second-order valence-corrected chi connectivity index (χ2v) is 19.8. The molecule has 0 heterocycles. The largest absolute Gasteiger partial charge is 0.381 e. The van der Waals surface area contributed by atoms with Crippen LogP contribution >= 0.6 is 14.4 Å². The van der Waals surface area contributed by atoms with E-state index < -0.39 is 6.74 Å². The highest BCUT2D eigenvalue weighted by molar-refractivity contribution is 8.35. The molecule has 0 N–H and O–H groups in total. The third-order valence-electron chi connectivity index (χ3n) is 9.54. The van der Waals surface area contributed by atoms with Crippen LogP contribution < -0.4 is 0 Å². The molecule has 0 saturated heterocycles. The molecule has 5 heteroatoms. The Balaban J connectivity index is 1.83. The number of ether oxygens (including phenoxy) is 2. The van der Waals surface area contributed by atoms with Gasteiger partial charge in [-0.3, -0.25) is 0 Å². The van der Waals surface area contributed by atoms with E-state index in [4.69, 9.17) is 14.2 Å². The van der Waals surface area contributed by atoms with Crippen LogP contribution in [0.1, 0.15) is 116 Å². The molecule has 4 saturated carbocycles. The van der Waals surface area contributed by atoms with Gasteiger partial charge in [-0.2, -0.15) is 0 Å². The maximum absolute atomic E-state index is 6.31. The smallest absolute Gasteiger partial charge is 0.0642 e. The average molecular weight is 484 g/mol. The van der Waals surface area contributed by atoms with E-state index in [0.717, 1.165) is 22.6 Å². The molecule has 0 aromatic carbocycles. The van der Waals surface area contributed by atoms with Crippen molar-refractivity contribution < 1.29 is 9.47 Å². The molecule has 0 aromatic heterocycles. The van der Waals surface area contributed by atoms with E-state index >= 15 is 0 Å². The minimum atomic E-state index is -1.45. The molecular formula is C27H51NO2P2. The van der Waals surface area contributed by atoms with Gasteiger partial charge in [0.2, 0.25) is 0 Å². The lowest BCUT2D eigenvalue weighted by Gasteiger charge is -2.55. The molecule has 3 nitrogen and oxygen atoms in total. The summed E-state index contributed by atoms with van der Waals surface area (Å²) in [7, 11) is 6.13. The lowest BCUT2D eigenvalue weighted by Crippen LogP contribution is -2.40. The zero-order chi connectivity index (χ0) is 22.4. The van der Waals surface area contributed by atoms with E-state index in [9.17, 15) is 0 Å². The zero-order valence-corrected chi connectivity index (χ0v) is 23.1. The molecule has 0 bridgehead atoms. The van der Waals surface area contributed by atoms with Crippen molar-refractivity contribution in [1.29, 1.82) is 0 Å². The molecular weight excluding hydrogens is 432 g/mol. The molecule has 4 unspecified atom stereocenters. The van der Waals surface area contributed by atoms with Crippen molar-refractivity contribution in [2.24, 2.45) is 4.74 Å². The number of rotatable bonds is 7. The van der Waals surface area contributed by atoms with Gasteiger partial charge in [-0.25, -0.2) is 0 Å². The monoisotopic (exact) mass is 483 g/mol. The van der Waals surface area contributed by atoms with E-state index in [1.54, 1.807) is 0 Å². The number of hydrogen-bond acceptors (Lipinski definition) is 3. The van der Waals surface area contributed by atoms with E-state index in [2.05, 4.69) is 7.05 Å².